The molecule has 0 heterocycles. The topological polar surface area (TPSA) is 30.5 Å². The summed E-state index contributed by atoms with van der Waals surface area (Å²) < 4.78 is 47.8. The Hall–Kier alpha value is -1.11. The summed E-state index contributed by atoms with van der Waals surface area (Å²) in [5.74, 6) is 0. The Morgan fingerprint density at radius 1 is 1.21 bits per heavy atom. The van der Waals surface area contributed by atoms with Gasteiger partial charge in [-0.2, -0.15) is 13.2 Å². The summed E-state index contributed by atoms with van der Waals surface area (Å²) in [6.45, 7) is 2.15. The Balaban J connectivity index is 2.63. The molecule has 0 saturated heterocycles. The van der Waals surface area contributed by atoms with Gasteiger partial charge in [0, 0.05) is 20.8 Å². The zero-order valence-electron chi connectivity index (χ0n) is 11.1. The second kappa shape index (κ2) is 6.88. The van der Waals surface area contributed by atoms with E-state index in [0.717, 1.165) is 12.1 Å². The van der Waals surface area contributed by atoms with Gasteiger partial charge in [-0.15, -0.1) is 0 Å². The highest BCUT2D eigenvalue weighted by atomic mass is 19.4. The van der Waals surface area contributed by atoms with Crippen molar-refractivity contribution in [2.75, 3.05) is 14.2 Å². The molecule has 0 spiro atoms. The molecule has 0 saturated carbocycles. The summed E-state index contributed by atoms with van der Waals surface area (Å²) in [6.07, 6.45) is -4.76. The van der Waals surface area contributed by atoms with E-state index in [4.69, 9.17) is 9.47 Å². The number of halogens is 3. The quantitative estimate of drug-likeness (QED) is 0.811. The molecule has 1 rings (SSSR count). The van der Waals surface area contributed by atoms with Crippen molar-refractivity contribution in [3.8, 4) is 0 Å². The van der Waals surface area contributed by atoms with Crippen molar-refractivity contribution in [1.82, 2.24) is 5.32 Å². The van der Waals surface area contributed by atoms with Crippen LogP contribution in [0.25, 0.3) is 0 Å². The van der Waals surface area contributed by atoms with Crippen LogP contribution in [-0.2, 0) is 22.2 Å². The first-order valence-electron chi connectivity index (χ1n) is 5.83. The third-order valence-corrected chi connectivity index (χ3v) is 2.76. The summed E-state index contributed by atoms with van der Waals surface area (Å²) in [7, 11) is 3.02. The predicted octanol–water partition coefficient (Wildman–Crippen LogP) is 2.80. The molecule has 0 aliphatic heterocycles. The molecule has 0 bridgehead atoms. The molecule has 0 amide bonds. The van der Waals surface area contributed by atoms with E-state index in [9.17, 15) is 13.2 Å². The molecule has 0 fully saturated rings. The van der Waals surface area contributed by atoms with Crippen LogP contribution >= 0.6 is 0 Å². The second-order valence-electron chi connectivity index (χ2n) is 4.21. The Kier molecular flexibility index (Phi) is 5.78. The number of rotatable bonds is 6. The van der Waals surface area contributed by atoms with Crippen LogP contribution in [0, 0.1) is 0 Å². The number of methoxy groups -OCH3 is 2. The van der Waals surface area contributed by atoms with Gasteiger partial charge >= 0.3 is 6.18 Å². The molecule has 0 radical (unpaired) electrons. The maximum absolute atomic E-state index is 12.5. The number of benzene rings is 1. The fourth-order valence-corrected chi connectivity index (χ4v) is 1.74. The van der Waals surface area contributed by atoms with E-state index in [0.29, 0.717) is 12.1 Å². The molecule has 1 unspecified atom stereocenters. The first kappa shape index (κ1) is 15.9. The normalized spacial score (nSPS) is 13.8. The molecule has 1 atom stereocenters. The van der Waals surface area contributed by atoms with Crippen molar-refractivity contribution in [3.63, 3.8) is 0 Å². The molecule has 3 nitrogen and oxygen atoms in total. The average Bonchev–Trinajstić information content (AvgIpc) is 2.37. The van der Waals surface area contributed by atoms with Crippen LogP contribution in [-0.4, -0.2) is 26.6 Å². The van der Waals surface area contributed by atoms with Crippen molar-refractivity contribution >= 4 is 0 Å². The monoisotopic (exact) mass is 277 g/mol. The molecule has 19 heavy (non-hydrogen) atoms. The highest BCUT2D eigenvalue weighted by Gasteiger charge is 2.30. The third-order valence-electron chi connectivity index (χ3n) is 2.76. The minimum atomic E-state index is -4.32. The van der Waals surface area contributed by atoms with Crippen LogP contribution in [0.15, 0.2) is 24.3 Å². The molecule has 6 heteroatoms. The van der Waals surface area contributed by atoms with Crippen molar-refractivity contribution < 1.29 is 22.6 Å². The summed E-state index contributed by atoms with van der Waals surface area (Å²) in [5.41, 5.74) is -0.0814. The van der Waals surface area contributed by atoms with E-state index >= 15 is 0 Å². The number of alkyl halides is 3. The first-order chi connectivity index (χ1) is 8.88. The van der Waals surface area contributed by atoms with Gasteiger partial charge in [0.2, 0.25) is 0 Å². The number of ether oxygens (including phenoxy) is 2. The SMILES string of the molecule is COC(OC)C(C)NCc1cccc(C(F)(F)F)c1. The van der Waals surface area contributed by atoms with Crippen LogP contribution in [0.5, 0.6) is 0 Å². The minimum Gasteiger partial charge on any atom is -0.354 e. The Bertz CT molecular complexity index is 392. The van der Waals surface area contributed by atoms with Gasteiger partial charge in [0.05, 0.1) is 11.6 Å². The smallest absolute Gasteiger partial charge is 0.354 e. The molecule has 1 aromatic carbocycles. The fraction of sp³-hybridized carbons (Fsp3) is 0.538. The van der Waals surface area contributed by atoms with Gasteiger partial charge in [-0.05, 0) is 18.6 Å². The van der Waals surface area contributed by atoms with Crippen molar-refractivity contribution in [2.24, 2.45) is 0 Å². The summed E-state index contributed by atoms with van der Waals surface area (Å²) >= 11 is 0. The maximum Gasteiger partial charge on any atom is 0.416 e. The summed E-state index contributed by atoms with van der Waals surface area (Å²) in [6, 6.07) is 5.09. The van der Waals surface area contributed by atoms with Crippen molar-refractivity contribution in [2.45, 2.75) is 32.0 Å². The minimum absolute atomic E-state index is 0.135. The zero-order chi connectivity index (χ0) is 14.5. The Morgan fingerprint density at radius 2 is 1.84 bits per heavy atom. The lowest BCUT2D eigenvalue weighted by atomic mass is 10.1. The highest BCUT2D eigenvalue weighted by molar-refractivity contribution is 5.25. The molecular weight excluding hydrogens is 259 g/mol. The van der Waals surface area contributed by atoms with E-state index < -0.39 is 18.0 Å². The van der Waals surface area contributed by atoms with Crippen LogP contribution in [0.3, 0.4) is 0 Å². The highest BCUT2D eigenvalue weighted by Crippen LogP contribution is 2.29. The van der Waals surface area contributed by atoms with Gasteiger partial charge in [-0.1, -0.05) is 18.2 Å². The van der Waals surface area contributed by atoms with E-state index in [1.165, 1.54) is 20.3 Å². The summed E-state index contributed by atoms with van der Waals surface area (Å²) in [4.78, 5) is 0. The molecule has 108 valence electrons. The van der Waals surface area contributed by atoms with E-state index in [2.05, 4.69) is 5.32 Å². The van der Waals surface area contributed by atoms with E-state index in [1.54, 1.807) is 6.07 Å². The van der Waals surface area contributed by atoms with Gasteiger partial charge in [0.25, 0.3) is 0 Å². The van der Waals surface area contributed by atoms with Crippen LogP contribution in [0.4, 0.5) is 13.2 Å². The molecule has 1 aromatic rings. The van der Waals surface area contributed by atoms with Gasteiger partial charge in [-0.3, -0.25) is 0 Å². The molecular formula is C13H18F3NO2. The van der Waals surface area contributed by atoms with Crippen LogP contribution < -0.4 is 5.32 Å². The van der Waals surface area contributed by atoms with Gasteiger partial charge in [0.15, 0.2) is 6.29 Å². The standard InChI is InChI=1S/C13H18F3NO2/c1-9(12(18-2)19-3)17-8-10-5-4-6-11(7-10)13(14,15)16/h4-7,9,12,17H,8H2,1-3H3. The zero-order valence-corrected chi connectivity index (χ0v) is 11.1. The lowest BCUT2D eigenvalue weighted by Gasteiger charge is -2.22. The van der Waals surface area contributed by atoms with Gasteiger partial charge < -0.3 is 14.8 Å². The second-order valence-corrected chi connectivity index (χ2v) is 4.21. The number of hydrogen-bond donors (Lipinski definition) is 1. The first-order valence-corrected chi connectivity index (χ1v) is 5.83. The Morgan fingerprint density at radius 3 is 2.37 bits per heavy atom. The van der Waals surface area contributed by atoms with Gasteiger partial charge in [0.1, 0.15) is 0 Å². The average molecular weight is 277 g/mol. The molecule has 0 aliphatic carbocycles. The number of hydrogen-bond acceptors (Lipinski definition) is 3. The van der Waals surface area contributed by atoms with Crippen molar-refractivity contribution in [1.29, 1.82) is 0 Å². The number of nitrogens with one attached hydrogen (secondary N) is 1. The predicted molar refractivity (Wildman–Crippen MR) is 65.6 cm³/mol. The van der Waals surface area contributed by atoms with Gasteiger partial charge in [-0.25, -0.2) is 0 Å². The van der Waals surface area contributed by atoms with E-state index in [-0.39, 0.29) is 6.04 Å². The largest absolute Gasteiger partial charge is 0.416 e. The van der Waals surface area contributed by atoms with Crippen LogP contribution in [0.2, 0.25) is 0 Å². The molecule has 0 aromatic heterocycles. The molecule has 0 aliphatic rings. The summed E-state index contributed by atoms with van der Waals surface area (Å²) in [5, 5.41) is 3.06. The Labute approximate surface area is 110 Å². The maximum atomic E-state index is 12.5. The van der Waals surface area contributed by atoms with Crippen molar-refractivity contribution in [3.05, 3.63) is 35.4 Å². The third kappa shape index (κ3) is 4.81. The fourth-order valence-electron chi connectivity index (χ4n) is 1.74. The lowest BCUT2D eigenvalue weighted by Crippen LogP contribution is -2.39. The molecule has 1 N–H and O–H groups in total. The lowest BCUT2D eigenvalue weighted by molar-refractivity contribution is -0.137. The van der Waals surface area contributed by atoms with E-state index in [1.807, 2.05) is 6.92 Å². The van der Waals surface area contributed by atoms with Crippen LogP contribution in [0.1, 0.15) is 18.1 Å².